The van der Waals surface area contributed by atoms with Gasteiger partial charge in [0.1, 0.15) is 5.75 Å². The topological polar surface area (TPSA) is 39.7 Å². The van der Waals surface area contributed by atoms with Crippen LogP contribution < -0.4 is 19.5 Å². The van der Waals surface area contributed by atoms with Crippen molar-refractivity contribution in [1.29, 1.82) is 0 Å². The van der Waals surface area contributed by atoms with E-state index in [0.29, 0.717) is 12.8 Å². The molecule has 2 aromatic carbocycles. The maximum absolute atomic E-state index is 5.41. The number of anilines is 1. The molecule has 0 spiro atoms. The first kappa shape index (κ1) is 14.6. The lowest BCUT2D eigenvalue weighted by Gasteiger charge is -2.15. The highest BCUT2D eigenvalue weighted by Crippen LogP contribution is 2.32. The van der Waals surface area contributed by atoms with Crippen LogP contribution in [0.2, 0.25) is 0 Å². The summed E-state index contributed by atoms with van der Waals surface area (Å²) < 4.78 is 15.9. The first-order valence-electron chi connectivity index (χ1n) is 7.54. The van der Waals surface area contributed by atoms with E-state index in [-0.39, 0.29) is 0 Å². The van der Waals surface area contributed by atoms with Crippen molar-refractivity contribution in [2.45, 2.75) is 25.8 Å². The maximum atomic E-state index is 5.41. The molecule has 1 aliphatic rings. The molecule has 3 rings (SSSR count). The lowest BCUT2D eigenvalue weighted by molar-refractivity contribution is 0.174. The Hall–Kier alpha value is -2.36. The van der Waals surface area contributed by atoms with Crippen molar-refractivity contribution >= 4 is 5.69 Å². The van der Waals surface area contributed by atoms with Crippen LogP contribution in [0.15, 0.2) is 42.5 Å². The number of ether oxygens (including phenoxy) is 3. The molecule has 0 saturated carbocycles. The second-order valence-electron chi connectivity index (χ2n) is 5.50. The summed E-state index contributed by atoms with van der Waals surface area (Å²) in [6.07, 6.45) is 2.05. The fraction of sp³-hybridized carbons (Fsp3) is 0.333. The summed E-state index contributed by atoms with van der Waals surface area (Å²) in [7, 11) is 1.68. The minimum absolute atomic E-state index is 0.328. The summed E-state index contributed by atoms with van der Waals surface area (Å²) in [5.41, 5.74) is 2.38. The standard InChI is InChI=1S/C18H21NO3/c1-13(19-15-6-8-16(20-2)9-7-15)3-4-14-5-10-17-18(11-14)22-12-21-17/h5-11,13,19H,3-4,12H2,1-2H3. The highest BCUT2D eigenvalue weighted by molar-refractivity contribution is 5.47. The summed E-state index contributed by atoms with van der Waals surface area (Å²) in [6, 6.07) is 14.6. The van der Waals surface area contributed by atoms with E-state index in [1.165, 1.54) is 5.56 Å². The van der Waals surface area contributed by atoms with Gasteiger partial charge in [-0.05, 0) is 61.7 Å². The monoisotopic (exact) mass is 299 g/mol. The SMILES string of the molecule is COc1ccc(NC(C)CCc2ccc3c(c2)OCO3)cc1. The van der Waals surface area contributed by atoms with Crippen molar-refractivity contribution in [3.63, 3.8) is 0 Å². The molecule has 4 heteroatoms. The summed E-state index contributed by atoms with van der Waals surface area (Å²) in [5.74, 6) is 2.57. The number of hydrogen-bond acceptors (Lipinski definition) is 4. The van der Waals surface area contributed by atoms with E-state index in [2.05, 4.69) is 24.4 Å². The van der Waals surface area contributed by atoms with Gasteiger partial charge in [-0.25, -0.2) is 0 Å². The largest absolute Gasteiger partial charge is 0.497 e. The molecule has 2 aromatic rings. The second-order valence-corrected chi connectivity index (χ2v) is 5.50. The maximum Gasteiger partial charge on any atom is 0.231 e. The predicted molar refractivity (Wildman–Crippen MR) is 87.0 cm³/mol. The molecule has 0 aromatic heterocycles. The van der Waals surface area contributed by atoms with E-state index in [1.807, 2.05) is 30.3 Å². The fourth-order valence-corrected chi connectivity index (χ4v) is 2.52. The molecule has 22 heavy (non-hydrogen) atoms. The van der Waals surface area contributed by atoms with Crippen molar-refractivity contribution < 1.29 is 14.2 Å². The van der Waals surface area contributed by atoms with Crippen LogP contribution >= 0.6 is 0 Å². The van der Waals surface area contributed by atoms with Gasteiger partial charge in [0.05, 0.1) is 7.11 Å². The van der Waals surface area contributed by atoms with Crippen LogP contribution in [-0.2, 0) is 6.42 Å². The zero-order valence-corrected chi connectivity index (χ0v) is 13.0. The van der Waals surface area contributed by atoms with Crippen LogP contribution in [0.5, 0.6) is 17.2 Å². The van der Waals surface area contributed by atoms with E-state index in [4.69, 9.17) is 14.2 Å². The molecular weight excluding hydrogens is 278 g/mol. The van der Waals surface area contributed by atoms with Gasteiger partial charge in [-0.3, -0.25) is 0 Å². The Morgan fingerprint density at radius 3 is 2.64 bits per heavy atom. The second kappa shape index (κ2) is 6.60. The van der Waals surface area contributed by atoms with E-state index >= 15 is 0 Å². The summed E-state index contributed by atoms with van der Waals surface area (Å²) in [6.45, 7) is 2.52. The fourth-order valence-electron chi connectivity index (χ4n) is 2.52. The highest BCUT2D eigenvalue weighted by atomic mass is 16.7. The van der Waals surface area contributed by atoms with E-state index in [1.54, 1.807) is 7.11 Å². The molecule has 1 aliphatic heterocycles. The number of rotatable bonds is 6. The minimum Gasteiger partial charge on any atom is -0.497 e. The number of hydrogen-bond donors (Lipinski definition) is 1. The molecular formula is C18H21NO3. The number of nitrogens with one attached hydrogen (secondary N) is 1. The number of fused-ring (bicyclic) bond motifs is 1. The molecule has 4 nitrogen and oxygen atoms in total. The number of methoxy groups -OCH3 is 1. The van der Waals surface area contributed by atoms with Gasteiger partial charge in [0.15, 0.2) is 11.5 Å². The van der Waals surface area contributed by atoms with Crippen LogP contribution in [0, 0.1) is 0 Å². The summed E-state index contributed by atoms with van der Waals surface area (Å²) >= 11 is 0. The molecule has 0 aliphatic carbocycles. The van der Waals surface area contributed by atoms with Crippen LogP contribution in [0.25, 0.3) is 0 Å². The molecule has 1 N–H and O–H groups in total. The van der Waals surface area contributed by atoms with Gasteiger partial charge >= 0.3 is 0 Å². The molecule has 0 fully saturated rings. The average molecular weight is 299 g/mol. The Bertz CT molecular complexity index is 625. The van der Waals surface area contributed by atoms with Gasteiger partial charge in [0.2, 0.25) is 6.79 Å². The molecule has 0 saturated heterocycles. The first-order chi connectivity index (χ1) is 10.7. The normalized spacial score (nSPS) is 13.7. The van der Waals surface area contributed by atoms with Gasteiger partial charge < -0.3 is 19.5 Å². The third-order valence-electron chi connectivity index (χ3n) is 3.81. The zero-order chi connectivity index (χ0) is 15.4. The van der Waals surface area contributed by atoms with Crippen LogP contribution in [0.3, 0.4) is 0 Å². The molecule has 1 heterocycles. The van der Waals surface area contributed by atoms with Crippen LogP contribution in [0.1, 0.15) is 18.9 Å². The Labute approximate surface area is 131 Å². The lowest BCUT2D eigenvalue weighted by atomic mass is 10.1. The van der Waals surface area contributed by atoms with Crippen molar-refractivity contribution in [2.24, 2.45) is 0 Å². The summed E-state index contributed by atoms with van der Waals surface area (Å²) in [5, 5.41) is 3.50. The molecule has 116 valence electrons. The van der Waals surface area contributed by atoms with E-state index < -0.39 is 0 Å². The Morgan fingerprint density at radius 1 is 1.09 bits per heavy atom. The van der Waals surface area contributed by atoms with Crippen molar-refractivity contribution in [3.05, 3.63) is 48.0 Å². The molecule has 0 amide bonds. The van der Waals surface area contributed by atoms with Gasteiger partial charge in [-0.2, -0.15) is 0 Å². The number of benzene rings is 2. The van der Waals surface area contributed by atoms with Crippen molar-refractivity contribution in [1.82, 2.24) is 0 Å². The van der Waals surface area contributed by atoms with E-state index in [9.17, 15) is 0 Å². The Morgan fingerprint density at radius 2 is 1.86 bits per heavy atom. The molecule has 0 bridgehead atoms. The third kappa shape index (κ3) is 3.45. The minimum atomic E-state index is 0.328. The van der Waals surface area contributed by atoms with Crippen molar-refractivity contribution in [3.8, 4) is 17.2 Å². The van der Waals surface area contributed by atoms with Gasteiger partial charge in [0.25, 0.3) is 0 Å². The van der Waals surface area contributed by atoms with E-state index in [0.717, 1.165) is 35.8 Å². The third-order valence-corrected chi connectivity index (χ3v) is 3.81. The summed E-state index contributed by atoms with van der Waals surface area (Å²) in [4.78, 5) is 0. The van der Waals surface area contributed by atoms with Gasteiger partial charge in [0, 0.05) is 11.7 Å². The predicted octanol–water partition coefficient (Wildman–Crippen LogP) is 3.86. The molecule has 1 atom stereocenters. The Kier molecular flexibility index (Phi) is 4.37. The van der Waals surface area contributed by atoms with Gasteiger partial charge in [-0.1, -0.05) is 6.07 Å². The van der Waals surface area contributed by atoms with Crippen LogP contribution in [0.4, 0.5) is 5.69 Å². The van der Waals surface area contributed by atoms with Crippen molar-refractivity contribution in [2.75, 3.05) is 19.2 Å². The molecule has 1 unspecified atom stereocenters. The average Bonchev–Trinajstić information content (AvgIpc) is 3.01. The molecule has 0 radical (unpaired) electrons. The van der Waals surface area contributed by atoms with Crippen LogP contribution in [-0.4, -0.2) is 19.9 Å². The van der Waals surface area contributed by atoms with Gasteiger partial charge in [-0.15, -0.1) is 0 Å². The zero-order valence-electron chi connectivity index (χ0n) is 13.0. The smallest absolute Gasteiger partial charge is 0.231 e. The number of aryl methyl sites for hydroxylation is 1. The first-order valence-corrected chi connectivity index (χ1v) is 7.54. The highest BCUT2D eigenvalue weighted by Gasteiger charge is 2.13. The lowest BCUT2D eigenvalue weighted by Crippen LogP contribution is -2.15. The Balaban J connectivity index is 1.52. The quantitative estimate of drug-likeness (QED) is 0.879.